The van der Waals surface area contributed by atoms with Gasteiger partial charge in [0, 0.05) is 44.7 Å². The summed E-state index contributed by atoms with van der Waals surface area (Å²) >= 11 is 0. The Bertz CT molecular complexity index is 425. The maximum atomic E-state index is 11.8. The van der Waals surface area contributed by atoms with Gasteiger partial charge < -0.3 is 24.6 Å². The Kier molecular flexibility index (Phi) is 5.32. The molecule has 7 heteroatoms. The number of amides is 2. The summed E-state index contributed by atoms with van der Waals surface area (Å²) in [4.78, 5) is 27.1. The second-order valence-electron chi connectivity index (χ2n) is 8.74. The molecule has 2 heterocycles. The number of carbonyl (C=O) groups is 2. The van der Waals surface area contributed by atoms with E-state index in [1.807, 2.05) is 41.5 Å². The zero-order valence-electron chi connectivity index (χ0n) is 15.7. The molecule has 0 aromatic heterocycles. The van der Waals surface area contributed by atoms with E-state index in [9.17, 15) is 9.59 Å². The summed E-state index contributed by atoms with van der Waals surface area (Å²) < 4.78 is 10.7. The first-order chi connectivity index (χ1) is 10.9. The van der Waals surface area contributed by atoms with E-state index >= 15 is 0 Å². The first kappa shape index (κ1) is 18.8. The highest BCUT2D eigenvalue weighted by molar-refractivity contribution is 5.69. The van der Waals surface area contributed by atoms with E-state index < -0.39 is 11.2 Å². The molecule has 1 N–H and O–H groups in total. The van der Waals surface area contributed by atoms with E-state index in [2.05, 4.69) is 5.32 Å². The van der Waals surface area contributed by atoms with Crippen molar-refractivity contribution < 1.29 is 19.1 Å². The molecular weight excluding hydrogens is 310 g/mol. The fourth-order valence-electron chi connectivity index (χ4n) is 2.59. The molecule has 0 radical (unpaired) electrons. The fourth-order valence-corrected chi connectivity index (χ4v) is 2.59. The molecule has 0 bridgehead atoms. The van der Waals surface area contributed by atoms with E-state index in [1.165, 1.54) is 0 Å². The van der Waals surface area contributed by atoms with Crippen molar-refractivity contribution in [3.63, 3.8) is 0 Å². The molecule has 0 aromatic rings. The fraction of sp³-hybridized carbons (Fsp3) is 0.882. The largest absolute Gasteiger partial charge is 0.444 e. The lowest BCUT2D eigenvalue weighted by Crippen LogP contribution is -2.63. The van der Waals surface area contributed by atoms with Crippen molar-refractivity contribution in [3.05, 3.63) is 0 Å². The molecule has 0 aliphatic carbocycles. The molecule has 0 atom stereocenters. The number of nitrogens with one attached hydrogen (secondary N) is 1. The molecule has 2 aliphatic rings. The maximum absolute atomic E-state index is 11.8. The van der Waals surface area contributed by atoms with Gasteiger partial charge in [-0.25, -0.2) is 9.59 Å². The SMILES string of the molecule is CC(C)(C)OC(=O)N1CC(CNC2CN(C(=O)OC(C)(C)C)C2)C1. The van der Waals surface area contributed by atoms with E-state index in [0.717, 1.165) is 19.6 Å². The van der Waals surface area contributed by atoms with Crippen molar-refractivity contribution >= 4 is 12.2 Å². The molecule has 2 saturated heterocycles. The first-order valence-electron chi connectivity index (χ1n) is 8.62. The van der Waals surface area contributed by atoms with Crippen LogP contribution in [0.15, 0.2) is 0 Å². The third kappa shape index (κ3) is 5.54. The lowest BCUT2D eigenvalue weighted by Gasteiger charge is -2.43. The van der Waals surface area contributed by atoms with Gasteiger partial charge in [-0.2, -0.15) is 0 Å². The predicted octanol–water partition coefficient (Wildman–Crippen LogP) is 2.06. The van der Waals surface area contributed by atoms with Gasteiger partial charge in [-0.05, 0) is 41.5 Å². The Labute approximate surface area is 144 Å². The number of rotatable bonds is 3. The van der Waals surface area contributed by atoms with E-state index in [0.29, 0.717) is 25.0 Å². The van der Waals surface area contributed by atoms with Crippen molar-refractivity contribution in [2.24, 2.45) is 5.92 Å². The summed E-state index contributed by atoms with van der Waals surface area (Å²) in [6.45, 7) is 14.9. The van der Waals surface area contributed by atoms with Gasteiger partial charge in [-0.15, -0.1) is 0 Å². The van der Waals surface area contributed by atoms with Gasteiger partial charge in [0.05, 0.1) is 0 Å². The highest BCUT2D eigenvalue weighted by atomic mass is 16.6. The third-order valence-corrected chi connectivity index (χ3v) is 3.84. The molecule has 0 spiro atoms. The molecule has 2 aliphatic heterocycles. The van der Waals surface area contributed by atoms with Gasteiger partial charge in [0.15, 0.2) is 0 Å². The quantitative estimate of drug-likeness (QED) is 0.851. The van der Waals surface area contributed by atoms with E-state index in [-0.39, 0.29) is 12.2 Å². The van der Waals surface area contributed by atoms with Crippen LogP contribution in [-0.4, -0.2) is 72.0 Å². The number of carbonyl (C=O) groups excluding carboxylic acids is 2. The van der Waals surface area contributed by atoms with Gasteiger partial charge in [0.2, 0.25) is 0 Å². The molecule has 0 aromatic carbocycles. The summed E-state index contributed by atoms with van der Waals surface area (Å²) in [5.74, 6) is 0.452. The Morgan fingerprint density at radius 2 is 1.29 bits per heavy atom. The predicted molar refractivity (Wildman–Crippen MR) is 90.9 cm³/mol. The van der Waals surface area contributed by atoms with Crippen LogP contribution in [0.2, 0.25) is 0 Å². The molecule has 24 heavy (non-hydrogen) atoms. The minimum atomic E-state index is -0.452. The highest BCUT2D eigenvalue weighted by Crippen LogP contribution is 2.20. The average Bonchev–Trinajstić information content (AvgIpc) is 2.23. The lowest BCUT2D eigenvalue weighted by molar-refractivity contribution is -0.00625. The number of hydrogen-bond donors (Lipinski definition) is 1. The van der Waals surface area contributed by atoms with Crippen molar-refractivity contribution in [2.75, 3.05) is 32.7 Å². The van der Waals surface area contributed by atoms with Crippen LogP contribution in [0.1, 0.15) is 41.5 Å². The minimum absolute atomic E-state index is 0.238. The molecule has 7 nitrogen and oxygen atoms in total. The lowest BCUT2D eigenvalue weighted by atomic mass is 9.99. The molecule has 0 unspecified atom stereocenters. The summed E-state index contributed by atoms with van der Waals surface area (Å²) in [6.07, 6.45) is -0.487. The third-order valence-electron chi connectivity index (χ3n) is 3.84. The zero-order valence-corrected chi connectivity index (χ0v) is 15.7. The second-order valence-corrected chi connectivity index (χ2v) is 8.74. The van der Waals surface area contributed by atoms with E-state index in [1.54, 1.807) is 9.80 Å². The number of ether oxygens (including phenoxy) is 2. The average molecular weight is 341 g/mol. The van der Waals surface area contributed by atoms with Crippen molar-refractivity contribution in [1.29, 1.82) is 0 Å². The van der Waals surface area contributed by atoms with Crippen LogP contribution in [-0.2, 0) is 9.47 Å². The Morgan fingerprint density at radius 3 is 1.71 bits per heavy atom. The standard InChI is InChI=1S/C17H31N3O4/c1-16(2,3)23-14(21)19-8-12(9-19)7-18-13-10-20(11-13)15(22)24-17(4,5)6/h12-13,18H,7-11H2,1-6H3. The highest BCUT2D eigenvalue weighted by Gasteiger charge is 2.36. The molecule has 2 fully saturated rings. The molecule has 2 amide bonds. The van der Waals surface area contributed by atoms with Gasteiger partial charge in [0.25, 0.3) is 0 Å². The monoisotopic (exact) mass is 341 g/mol. The van der Waals surface area contributed by atoms with Crippen LogP contribution in [0, 0.1) is 5.92 Å². The summed E-state index contributed by atoms with van der Waals surface area (Å²) in [5, 5.41) is 3.45. The van der Waals surface area contributed by atoms with Crippen molar-refractivity contribution in [2.45, 2.75) is 58.8 Å². The number of hydrogen-bond acceptors (Lipinski definition) is 5. The molecule has 0 saturated carbocycles. The van der Waals surface area contributed by atoms with Crippen molar-refractivity contribution in [3.8, 4) is 0 Å². The summed E-state index contributed by atoms with van der Waals surface area (Å²) in [5.41, 5.74) is -0.899. The van der Waals surface area contributed by atoms with Crippen LogP contribution in [0.3, 0.4) is 0 Å². The van der Waals surface area contributed by atoms with Crippen molar-refractivity contribution in [1.82, 2.24) is 15.1 Å². The molecular formula is C17H31N3O4. The molecule has 2 rings (SSSR count). The normalized spacial score (nSPS) is 19.6. The van der Waals surface area contributed by atoms with Gasteiger partial charge >= 0.3 is 12.2 Å². The first-order valence-corrected chi connectivity index (χ1v) is 8.62. The minimum Gasteiger partial charge on any atom is -0.444 e. The van der Waals surface area contributed by atoms with Gasteiger partial charge in [-0.3, -0.25) is 0 Å². The van der Waals surface area contributed by atoms with Gasteiger partial charge in [0.1, 0.15) is 11.2 Å². The maximum Gasteiger partial charge on any atom is 0.410 e. The van der Waals surface area contributed by atoms with Crippen LogP contribution >= 0.6 is 0 Å². The Balaban J connectivity index is 1.56. The van der Waals surface area contributed by atoms with Crippen LogP contribution < -0.4 is 5.32 Å². The smallest absolute Gasteiger partial charge is 0.410 e. The summed E-state index contributed by atoms with van der Waals surface area (Å²) in [6, 6.07) is 0.313. The van der Waals surface area contributed by atoms with Crippen LogP contribution in [0.4, 0.5) is 9.59 Å². The number of nitrogens with zero attached hydrogens (tertiary/aromatic N) is 2. The van der Waals surface area contributed by atoms with E-state index in [4.69, 9.17) is 9.47 Å². The van der Waals surface area contributed by atoms with Crippen LogP contribution in [0.5, 0.6) is 0 Å². The Morgan fingerprint density at radius 1 is 0.875 bits per heavy atom. The summed E-state index contributed by atoms with van der Waals surface area (Å²) in [7, 11) is 0. The molecule has 138 valence electrons. The number of likely N-dealkylation sites (tertiary alicyclic amines) is 2. The topological polar surface area (TPSA) is 71.1 Å². The second kappa shape index (κ2) is 6.78. The van der Waals surface area contributed by atoms with Crippen LogP contribution in [0.25, 0.3) is 0 Å². The zero-order chi connectivity index (χ0) is 18.1. The van der Waals surface area contributed by atoms with Gasteiger partial charge in [-0.1, -0.05) is 0 Å². The Hall–Kier alpha value is -1.50.